The molecule has 1 aromatic carbocycles. The number of aryl methyl sites for hydroxylation is 1. The molecule has 0 amide bonds. The van der Waals surface area contributed by atoms with E-state index >= 15 is 0 Å². The van der Waals surface area contributed by atoms with Crippen LogP contribution in [0.3, 0.4) is 0 Å². The summed E-state index contributed by atoms with van der Waals surface area (Å²) < 4.78 is 0. The van der Waals surface area contributed by atoms with E-state index in [2.05, 4.69) is 65.6 Å². The van der Waals surface area contributed by atoms with Crippen LogP contribution in [0.2, 0.25) is 0 Å². The van der Waals surface area contributed by atoms with E-state index in [1.807, 2.05) is 12.3 Å². The van der Waals surface area contributed by atoms with Gasteiger partial charge in [-0.3, -0.25) is 0 Å². The van der Waals surface area contributed by atoms with Crippen molar-refractivity contribution in [2.45, 2.75) is 32.0 Å². The third-order valence-electron chi connectivity index (χ3n) is 3.19. The largest absolute Gasteiger partial charge is 0.370 e. The first kappa shape index (κ1) is 15.6. The Morgan fingerprint density at radius 2 is 1.81 bits per heavy atom. The van der Waals surface area contributed by atoms with E-state index in [-0.39, 0.29) is 6.04 Å². The lowest BCUT2D eigenvalue weighted by Gasteiger charge is -2.16. The Hall–Kier alpha value is -1.75. The number of hydrogen-bond acceptors (Lipinski definition) is 5. The summed E-state index contributed by atoms with van der Waals surface area (Å²) in [6.07, 6.45) is 1.98. The maximum absolute atomic E-state index is 4.52. The van der Waals surface area contributed by atoms with Gasteiger partial charge in [-0.25, -0.2) is 9.97 Å². The first-order valence-electron chi connectivity index (χ1n) is 7.12. The Labute approximate surface area is 130 Å². The number of benzene rings is 1. The van der Waals surface area contributed by atoms with Crippen molar-refractivity contribution in [2.24, 2.45) is 0 Å². The highest BCUT2D eigenvalue weighted by atomic mass is 32.2. The highest BCUT2D eigenvalue weighted by Gasteiger charge is 2.08. The molecule has 0 fully saturated rings. The van der Waals surface area contributed by atoms with Gasteiger partial charge in [0.1, 0.15) is 11.6 Å². The number of thioether (sulfide) groups is 1. The van der Waals surface area contributed by atoms with Crippen LogP contribution in [0.5, 0.6) is 0 Å². The second-order valence-corrected chi connectivity index (χ2v) is 5.71. The second kappa shape index (κ2) is 7.31. The highest BCUT2D eigenvalue weighted by molar-refractivity contribution is 7.98. The maximum Gasteiger partial charge on any atom is 0.191 e. The maximum atomic E-state index is 4.52. The molecular weight excluding hydrogens is 280 g/mol. The molecule has 2 N–H and O–H groups in total. The molecule has 112 valence electrons. The molecule has 0 saturated heterocycles. The summed E-state index contributed by atoms with van der Waals surface area (Å²) in [5.74, 6) is 1.70. The van der Waals surface area contributed by atoms with Gasteiger partial charge in [-0.15, -0.1) is 0 Å². The van der Waals surface area contributed by atoms with Crippen molar-refractivity contribution in [3.63, 3.8) is 0 Å². The molecule has 2 aromatic rings. The Kier molecular flexibility index (Phi) is 5.44. The number of aromatic nitrogens is 2. The Balaban J connectivity index is 2.17. The summed E-state index contributed by atoms with van der Waals surface area (Å²) in [7, 11) is 0. The lowest BCUT2D eigenvalue weighted by molar-refractivity contribution is 0.855. The molecule has 0 aliphatic carbocycles. The molecule has 0 aliphatic heterocycles. The van der Waals surface area contributed by atoms with Crippen molar-refractivity contribution >= 4 is 23.4 Å². The molecule has 0 bridgehead atoms. The van der Waals surface area contributed by atoms with Crippen LogP contribution in [0.1, 0.15) is 31.0 Å². The van der Waals surface area contributed by atoms with Gasteiger partial charge >= 0.3 is 0 Å². The van der Waals surface area contributed by atoms with Gasteiger partial charge in [-0.2, -0.15) is 0 Å². The number of anilines is 2. The predicted octanol–water partition coefficient (Wildman–Crippen LogP) is 4.11. The fraction of sp³-hybridized carbons (Fsp3) is 0.375. The standard InChI is InChI=1S/C16H22N4S/c1-5-17-14-10-15(20-16(19-14)21-4)18-12(3)13-8-6-11(2)7-9-13/h6-10,12H,5H2,1-4H3,(H2,17,18,19,20). The molecular formula is C16H22N4S. The summed E-state index contributed by atoms with van der Waals surface area (Å²) in [6.45, 7) is 7.14. The molecule has 1 aromatic heterocycles. The van der Waals surface area contributed by atoms with Crippen molar-refractivity contribution in [2.75, 3.05) is 23.4 Å². The smallest absolute Gasteiger partial charge is 0.191 e. The molecule has 1 atom stereocenters. The summed E-state index contributed by atoms with van der Waals surface area (Å²) in [5, 5.41) is 7.46. The number of rotatable bonds is 6. The number of nitrogens with one attached hydrogen (secondary N) is 2. The van der Waals surface area contributed by atoms with Gasteiger partial charge in [0.25, 0.3) is 0 Å². The van der Waals surface area contributed by atoms with Crippen LogP contribution in [0.15, 0.2) is 35.5 Å². The van der Waals surface area contributed by atoms with E-state index in [1.54, 1.807) is 11.8 Å². The van der Waals surface area contributed by atoms with Crippen molar-refractivity contribution in [3.05, 3.63) is 41.5 Å². The van der Waals surface area contributed by atoms with Crippen LogP contribution in [0.4, 0.5) is 11.6 Å². The van der Waals surface area contributed by atoms with E-state index in [0.29, 0.717) is 0 Å². The van der Waals surface area contributed by atoms with Crippen LogP contribution >= 0.6 is 11.8 Å². The third kappa shape index (κ3) is 4.36. The normalized spacial score (nSPS) is 12.0. The first-order chi connectivity index (χ1) is 10.1. The average molecular weight is 302 g/mol. The molecule has 0 saturated carbocycles. The monoisotopic (exact) mass is 302 g/mol. The van der Waals surface area contributed by atoms with E-state index in [4.69, 9.17) is 0 Å². The lowest BCUT2D eigenvalue weighted by atomic mass is 10.1. The topological polar surface area (TPSA) is 49.8 Å². The molecule has 5 heteroatoms. The summed E-state index contributed by atoms with van der Waals surface area (Å²) in [5.41, 5.74) is 2.52. The predicted molar refractivity (Wildman–Crippen MR) is 91.2 cm³/mol. The van der Waals surface area contributed by atoms with Gasteiger partial charge in [-0.05, 0) is 32.6 Å². The Morgan fingerprint density at radius 1 is 1.14 bits per heavy atom. The second-order valence-electron chi connectivity index (χ2n) is 4.93. The minimum atomic E-state index is 0.199. The van der Waals surface area contributed by atoms with E-state index < -0.39 is 0 Å². The zero-order chi connectivity index (χ0) is 15.2. The lowest BCUT2D eigenvalue weighted by Crippen LogP contribution is -2.10. The van der Waals surface area contributed by atoms with E-state index in [0.717, 1.165) is 23.3 Å². The van der Waals surface area contributed by atoms with Gasteiger partial charge in [0.15, 0.2) is 5.16 Å². The SMILES string of the molecule is CCNc1cc(NC(C)c2ccc(C)cc2)nc(SC)n1. The fourth-order valence-electron chi connectivity index (χ4n) is 2.02. The molecule has 4 nitrogen and oxygen atoms in total. The number of nitrogens with zero attached hydrogens (tertiary/aromatic N) is 2. The zero-order valence-corrected chi connectivity index (χ0v) is 13.8. The van der Waals surface area contributed by atoms with Gasteiger partial charge in [0.2, 0.25) is 0 Å². The van der Waals surface area contributed by atoms with Gasteiger partial charge < -0.3 is 10.6 Å². The summed E-state index contributed by atoms with van der Waals surface area (Å²) >= 11 is 1.55. The van der Waals surface area contributed by atoms with Gasteiger partial charge in [0.05, 0.1) is 0 Å². The minimum Gasteiger partial charge on any atom is -0.370 e. The first-order valence-corrected chi connectivity index (χ1v) is 8.35. The van der Waals surface area contributed by atoms with E-state index in [1.165, 1.54) is 11.1 Å². The molecule has 21 heavy (non-hydrogen) atoms. The van der Waals surface area contributed by atoms with Gasteiger partial charge in [0, 0.05) is 18.7 Å². The molecule has 2 rings (SSSR count). The number of hydrogen-bond donors (Lipinski definition) is 2. The molecule has 0 aliphatic rings. The Morgan fingerprint density at radius 3 is 2.43 bits per heavy atom. The fourth-order valence-corrected chi connectivity index (χ4v) is 2.40. The molecule has 1 unspecified atom stereocenters. The van der Waals surface area contributed by atoms with E-state index in [9.17, 15) is 0 Å². The van der Waals surface area contributed by atoms with Crippen LogP contribution in [-0.2, 0) is 0 Å². The van der Waals surface area contributed by atoms with Crippen molar-refractivity contribution in [1.29, 1.82) is 0 Å². The average Bonchev–Trinajstić information content (AvgIpc) is 2.48. The molecule has 1 heterocycles. The zero-order valence-electron chi connectivity index (χ0n) is 13.0. The van der Waals surface area contributed by atoms with Crippen LogP contribution in [-0.4, -0.2) is 22.8 Å². The molecule has 0 radical (unpaired) electrons. The van der Waals surface area contributed by atoms with Crippen LogP contribution in [0.25, 0.3) is 0 Å². The van der Waals surface area contributed by atoms with Crippen molar-refractivity contribution in [1.82, 2.24) is 9.97 Å². The Bertz CT molecular complexity index is 583. The van der Waals surface area contributed by atoms with Crippen molar-refractivity contribution in [3.8, 4) is 0 Å². The van der Waals surface area contributed by atoms with Crippen LogP contribution < -0.4 is 10.6 Å². The molecule has 0 spiro atoms. The summed E-state index contributed by atoms with van der Waals surface area (Å²) in [4.78, 5) is 8.95. The minimum absolute atomic E-state index is 0.199. The van der Waals surface area contributed by atoms with Crippen LogP contribution in [0, 0.1) is 6.92 Å². The third-order valence-corrected chi connectivity index (χ3v) is 3.74. The van der Waals surface area contributed by atoms with Gasteiger partial charge in [-0.1, -0.05) is 41.6 Å². The quantitative estimate of drug-likeness (QED) is 0.621. The van der Waals surface area contributed by atoms with Crippen molar-refractivity contribution < 1.29 is 0 Å². The highest BCUT2D eigenvalue weighted by Crippen LogP contribution is 2.22. The summed E-state index contributed by atoms with van der Waals surface area (Å²) in [6, 6.07) is 10.7.